The zero-order chi connectivity index (χ0) is 11.9. The minimum Gasteiger partial charge on any atom is -0.479 e. The van der Waals surface area contributed by atoms with Crippen LogP contribution in [0, 0.1) is 0 Å². The molecule has 1 heterocycles. The van der Waals surface area contributed by atoms with Gasteiger partial charge in [0, 0.05) is 29.7 Å². The zero-order valence-corrected chi connectivity index (χ0v) is 9.27. The molecule has 0 aliphatic rings. The van der Waals surface area contributed by atoms with Crippen molar-refractivity contribution in [3.05, 3.63) is 35.0 Å². The lowest BCUT2D eigenvalue weighted by Crippen LogP contribution is -2.10. The molecule has 0 spiro atoms. The van der Waals surface area contributed by atoms with Crippen LogP contribution in [0.2, 0.25) is 5.02 Å². The van der Waals surface area contributed by atoms with E-state index in [9.17, 15) is 9.90 Å². The number of aliphatic carboxylic acids is 1. The molecule has 0 aliphatic carbocycles. The third-order valence-electron chi connectivity index (χ3n) is 2.53. The molecule has 1 aromatic carbocycles. The van der Waals surface area contributed by atoms with Crippen molar-refractivity contribution in [3.8, 4) is 0 Å². The Hall–Kier alpha value is -1.52. The molecule has 0 saturated carbocycles. The summed E-state index contributed by atoms with van der Waals surface area (Å²) >= 11 is 6.01. The average Bonchev–Trinajstić information content (AvgIpc) is 2.54. The number of aliphatic hydroxyl groups is 1. The van der Waals surface area contributed by atoms with Crippen LogP contribution >= 0.6 is 11.6 Å². The number of rotatable bonds is 2. The molecule has 1 unspecified atom stereocenters. The number of hydrogen-bond acceptors (Lipinski definition) is 2. The second-order valence-corrected chi connectivity index (χ2v) is 3.98. The van der Waals surface area contributed by atoms with Gasteiger partial charge in [-0.1, -0.05) is 23.7 Å². The summed E-state index contributed by atoms with van der Waals surface area (Å²) in [7, 11) is 1.81. The first-order valence-corrected chi connectivity index (χ1v) is 5.04. The van der Waals surface area contributed by atoms with Crippen molar-refractivity contribution in [2.75, 3.05) is 0 Å². The predicted molar refractivity (Wildman–Crippen MR) is 60.5 cm³/mol. The van der Waals surface area contributed by atoms with Crippen LogP contribution in [0.5, 0.6) is 0 Å². The van der Waals surface area contributed by atoms with Crippen molar-refractivity contribution in [1.29, 1.82) is 0 Å². The molecule has 5 heteroatoms. The van der Waals surface area contributed by atoms with Crippen LogP contribution in [0.4, 0.5) is 0 Å². The molecule has 2 N–H and O–H groups in total. The number of carboxylic acids is 1. The van der Waals surface area contributed by atoms with E-state index < -0.39 is 12.1 Å². The topological polar surface area (TPSA) is 62.5 Å². The summed E-state index contributed by atoms with van der Waals surface area (Å²) in [6, 6.07) is 5.08. The van der Waals surface area contributed by atoms with Crippen LogP contribution in [0.3, 0.4) is 0 Å². The number of aryl methyl sites for hydroxylation is 1. The van der Waals surface area contributed by atoms with E-state index in [0.29, 0.717) is 16.0 Å². The molecule has 0 radical (unpaired) electrons. The third-order valence-corrected chi connectivity index (χ3v) is 2.82. The number of aromatic nitrogens is 1. The molecule has 0 saturated heterocycles. The van der Waals surface area contributed by atoms with Crippen molar-refractivity contribution < 1.29 is 15.0 Å². The average molecular weight is 240 g/mol. The Kier molecular flexibility index (Phi) is 2.61. The maximum atomic E-state index is 10.8. The molecular formula is C11H10ClNO3. The van der Waals surface area contributed by atoms with E-state index in [1.165, 1.54) is 0 Å². The fraction of sp³-hybridized carbons (Fsp3) is 0.182. The second kappa shape index (κ2) is 3.81. The highest BCUT2D eigenvalue weighted by molar-refractivity contribution is 6.36. The van der Waals surface area contributed by atoms with E-state index in [0.717, 1.165) is 5.52 Å². The van der Waals surface area contributed by atoms with E-state index in [-0.39, 0.29) is 0 Å². The van der Waals surface area contributed by atoms with Gasteiger partial charge in [-0.15, -0.1) is 0 Å². The normalized spacial score (nSPS) is 12.9. The maximum Gasteiger partial charge on any atom is 0.337 e. The number of carboxylic acid groups (broad SMARTS) is 1. The maximum absolute atomic E-state index is 10.8. The molecular weight excluding hydrogens is 230 g/mol. The molecule has 4 nitrogen and oxygen atoms in total. The number of nitrogens with zero attached hydrogens (tertiary/aromatic N) is 1. The smallest absolute Gasteiger partial charge is 0.337 e. The minimum atomic E-state index is -1.55. The Morgan fingerprint density at radius 3 is 2.81 bits per heavy atom. The van der Waals surface area contributed by atoms with Gasteiger partial charge in [-0.2, -0.15) is 0 Å². The van der Waals surface area contributed by atoms with Crippen molar-refractivity contribution >= 4 is 28.5 Å². The number of benzene rings is 1. The molecule has 2 rings (SSSR count). The molecule has 0 amide bonds. The van der Waals surface area contributed by atoms with E-state index in [1.807, 2.05) is 13.1 Å². The Bertz CT molecular complexity index is 562. The quantitative estimate of drug-likeness (QED) is 0.842. The summed E-state index contributed by atoms with van der Waals surface area (Å²) in [5.41, 5.74) is 1.11. The van der Waals surface area contributed by atoms with Gasteiger partial charge < -0.3 is 14.8 Å². The SMILES string of the molecule is Cn1cc(Cl)c2c(C(O)C(=O)O)cccc21. The van der Waals surface area contributed by atoms with Gasteiger partial charge in [0.2, 0.25) is 0 Å². The highest BCUT2D eigenvalue weighted by atomic mass is 35.5. The third kappa shape index (κ3) is 1.56. The largest absolute Gasteiger partial charge is 0.479 e. The Balaban J connectivity index is 2.75. The molecule has 1 atom stereocenters. The van der Waals surface area contributed by atoms with Gasteiger partial charge >= 0.3 is 5.97 Å². The van der Waals surface area contributed by atoms with Gasteiger partial charge in [0.15, 0.2) is 6.10 Å². The summed E-state index contributed by atoms with van der Waals surface area (Å²) in [5.74, 6) is -1.28. The summed E-state index contributed by atoms with van der Waals surface area (Å²) in [5, 5.41) is 19.4. The van der Waals surface area contributed by atoms with E-state index in [1.54, 1.807) is 22.9 Å². The van der Waals surface area contributed by atoms with Gasteiger partial charge in [0.05, 0.1) is 5.02 Å². The fourth-order valence-corrected chi connectivity index (χ4v) is 2.13. The molecule has 0 aliphatic heterocycles. The summed E-state index contributed by atoms with van der Waals surface area (Å²) in [6.07, 6.45) is 0.133. The van der Waals surface area contributed by atoms with Crippen LogP contribution < -0.4 is 0 Å². The van der Waals surface area contributed by atoms with Crippen molar-refractivity contribution in [3.63, 3.8) is 0 Å². The van der Waals surface area contributed by atoms with Gasteiger partial charge in [-0.05, 0) is 6.07 Å². The van der Waals surface area contributed by atoms with Crippen molar-refractivity contribution in [1.82, 2.24) is 4.57 Å². The lowest BCUT2D eigenvalue weighted by molar-refractivity contribution is -0.146. The zero-order valence-electron chi connectivity index (χ0n) is 8.51. The summed E-state index contributed by atoms with van der Waals surface area (Å²) < 4.78 is 1.79. The summed E-state index contributed by atoms with van der Waals surface area (Å²) in [4.78, 5) is 10.8. The van der Waals surface area contributed by atoms with Gasteiger partial charge in [-0.3, -0.25) is 0 Å². The van der Waals surface area contributed by atoms with Crippen LogP contribution in [0.15, 0.2) is 24.4 Å². The first kappa shape index (κ1) is 11.0. The van der Waals surface area contributed by atoms with Crippen LogP contribution in [-0.4, -0.2) is 20.7 Å². The lowest BCUT2D eigenvalue weighted by Gasteiger charge is -2.08. The Morgan fingerprint density at radius 1 is 1.50 bits per heavy atom. The van der Waals surface area contributed by atoms with Crippen LogP contribution in [-0.2, 0) is 11.8 Å². The molecule has 2 aromatic rings. The molecule has 84 valence electrons. The molecule has 0 bridgehead atoms. The Morgan fingerprint density at radius 2 is 2.19 bits per heavy atom. The number of hydrogen-bond donors (Lipinski definition) is 2. The number of carbonyl (C=O) groups is 1. The Labute approximate surface area is 96.7 Å². The highest BCUT2D eigenvalue weighted by Gasteiger charge is 2.20. The minimum absolute atomic E-state index is 0.315. The molecule has 0 fully saturated rings. The fourth-order valence-electron chi connectivity index (χ4n) is 1.78. The van der Waals surface area contributed by atoms with E-state index >= 15 is 0 Å². The number of halogens is 1. The van der Waals surface area contributed by atoms with Gasteiger partial charge in [-0.25, -0.2) is 4.79 Å². The monoisotopic (exact) mass is 239 g/mol. The van der Waals surface area contributed by atoms with E-state index in [4.69, 9.17) is 16.7 Å². The van der Waals surface area contributed by atoms with E-state index in [2.05, 4.69) is 0 Å². The van der Waals surface area contributed by atoms with Gasteiger partial charge in [0.1, 0.15) is 0 Å². The second-order valence-electron chi connectivity index (χ2n) is 3.57. The van der Waals surface area contributed by atoms with Crippen molar-refractivity contribution in [2.24, 2.45) is 7.05 Å². The summed E-state index contributed by atoms with van der Waals surface area (Å²) in [6.45, 7) is 0. The lowest BCUT2D eigenvalue weighted by atomic mass is 10.1. The molecule has 1 aromatic heterocycles. The predicted octanol–water partition coefficient (Wildman–Crippen LogP) is 1.95. The standard InChI is InChI=1S/C11H10ClNO3/c1-13-5-7(12)9-6(10(14)11(15)16)3-2-4-8(9)13/h2-5,10,14H,1H3,(H,15,16). The molecule has 16 heavy (non-hydrogen) atoms. The van der Waals surface area contributed by atoms with Crippen molar-refractivity contribution in [2.45, 2.75) is 6.10 Å². The van der Waals surface area contributed by atoms with Gasteiger partial charge in [0.25, 0.3) is 0 Å². The van der Waals surface area contributed by atoms with Crippen LogP contribution in [0.25, 0.3) is 10.9 Å². The van der Waals surface area contributed by atoms with Crippen LogP contribution in [0.1, 0.15) is 11.7 Å². The first-order valence-electron chi connectivity index (χ1n) is 4.66. The first-order chi connectivity index (χ1) is 7.52. The number of aliphatic hydroxyl groups excluding tert-OH is 1. The number of fused-ring (bicyclic) bond motifs is 1. The highest BCUT2D eigenvalue weighted by Crippen LogP contribution is 2.31.